The van der Waals surface area contributed by atoms with Gasteiger partial charge in [0.1, 0.15) is 5.75 Å². The number of piperazine rings is 1. The third kappa shape index (κ3) is 4.78. The van der Waals surface area contributed by atoms with Crippen LogP contribution in [-0.2, 0) is 0 Å². The summed E-state index contributed by atoms with van der Waals surface area (Å²) in [5.74, 6) is -0.518. The molecule has 1 fully saturated rings. The van der Waals surface area contributed by atoms with Crippen LogP contribution in [0.3, 0.4) is 0 Å². The monoisotopic (exact) mass is 338 g/mol. The number of alkyl halides is 3. The lowest BCUT2D eigenvalue weighted by molar-refractivity contribution is -0.274. The summed E-state index contributed by atoms with van der Waals surface area (Å²) in [6.45, 7) is 5.17. The molecule has 0 radical (unpaired) electrons. The van der Waals surface area contributed by atoms with Crippen LogP contribution in [0.4, 0.5) is 13.2 Å². The standard InChI is InChI=1S/C14H17F3N2O2.ClH/c1-9-8-19(10(2)7-18-9)13(20)11-3-5-12(6-4-11)21-14(15,16)17;/h3-6,9-10,18H,7-8H2,1-2H3;1H. The van der Waals surface area contributed by atoms with Gasteiger partial charge in [-0.2, -0.15) is 0 Å². The molecular weight excluding hydrogens is 321 g/mol. The summed E-state index contributed by atoms with van der Waals surface area (Å²) in [7, 11) is 0. The minimum absolute atomic E-state index is 0. The smallest absolute Gasteiger partial charge is 0.406 e. The van der Waals surface area contributed by atoms with E-state index in [0.29, 0.717) is 18.7 Å². The highest BCUT2D eigenvalue weighted by molar-refractivity contribution is 5.94. The molecule has 1 aliphatic rings. The van der Waals surface area contributed by atoms with E-state index in [1.54, 1.807) is 4.90 Å². The van der Waals surface area contributed by atoms with Gasteiger partial charge in [-0.05, 0) is 38.1 Å². The number of carbonyl (C=O) groups is 1. The van der Waals surface area contributed by atoms with Gasteiger partial charge in [0.2, 0.25) is 0 Å². The topological polar surface area (TPSA) is 41.6 Å². The quantitative estimate of drug-likeness (QED) is 0.901. The molecule has 0 aromatic heterocycles. The lowest BCUT2D eigenvalue weighted by atomic mass is 10.1. The van der Waals surface area contributed by atoms with Crippen LogP contribution in [0.1, 0.15) is 24.2 Å². The van der Waals surface area contributed by atoms with Crippen LogP contribution in [-0.4, -0.2) is 42.3 Å². The molecular formula is C14H18ClF3N2O2. The van der Waals surface area contributed by atoms with E-state index < -0.39 is 6.36 Å². The molecule has 4 nitrogen and oxygen atoms in total. The summed E-state index contributed by atoms with van der Waals surface area (Å²) in [6.07, 6.45) is -4.73. The Balaban J connectivity index is 0.00000242. The van der Waals surface area contributed by atoms with E-state index in [4.69, 9.17) is 0 Å². The van der Waals surface area contributed by atoms with Gasteiger partial charge in [0.25, 0.3) is 5.91 Å². The zero-order valence-electron chi connectivity index (χ0n) is 12.2. The molecule has 1 N–H and O–H groups in total. The van der Waals surface area contributed by atoms with Crippen molar-refractivity contribution in [2.24, 2.45) is 0 Å². The van der Waals surface area contributed by atoms with Crippen molar-refractivity contribution < 1.29 is 22.7 Å². The number of halogens is 4. The van der Waals surface area contributed by atoms with Gasteiger partial charge in [-0.3, -0.25) is 4.79 Å². The lowest BCUT2D eigenvalue weighted by Gasteiger charge is -2.37. The molecule has 1 aromatic carbocycles. The zero-order chi connectivity index (χ0) is 15.6. The van der Waals surface area contributed by atoms with Crippen molar-refractivity contribution in [3.05, 3.63) is 29.8 Å². The van der Waals surface area contributed by atoms with Gasteiger partial charge in [0, 0.05) is 30.7 Å². The molecule has 1 heterocycles. The van der Waals surface area contributed by atoms with Gasteiger partial charge < -0.3 is 15.0 Å². The van der Waals surface area contributed by atoms with Gasteiger partial charge in [-0.1, -0.05) is 0 Å². The van der Waals surface area contributed by atoms with Gasteiger partial charge in [0.15, 0.2) is 0 Å². The normalized spacial score (nSPS) is 22.0. The number of rotatable bonds is 2. The van der Waals surface area contributed by atoms with Crippen LogP contribution in [0.5, 0.6) is 5.75 Å². The number of hydrogen-bond acceptors (Lipinski definition) is 3. The Morgan fingerprint density at radius 3 is 2.41 bits per heavy atom. The van der Waals surface area contributed by atoms with Gasteiger partial charge >= 0.3 is 6.36 Å². The Morgan fingerprint density at radius 1 is 1.27 bits per heavy atom. The Hall–Kier alpha value is -1.47. The van der Waals surface area contributed by atoms with Crippen molar-refractivity contribution in [3.63, 3.8) is 0 Å². The summed E-state index contributed by atoms with van der Waals surface area (Å²) in [5, 5.41) is 3.26. The number of nitrogens with one attached hydrogen (secondary N) is 1. The Bertz CT molecular complexity index is 508. The van der Waals surface area contributed by atoms with Crippen molar-refractivity contribution in [1.29, 1.82) is 0 Å². The molecule has 0 spiro atoms. The van der Waals surface area contributed by atoms with Gasteiger partial charge in [0.05, 0.1) is 0 Å². The molecule has 2 atom stereocenters. The first-order chi connectivity index (χ1) is 9.76. The fourth-order valence-corrected chi connectivity index (χ4v) is 2.27. The Kier molecular flexibility index (Phi) is 6.08. The summed E-state index contributed by atoms with van der Waals surface area (Å²) in [4.78, 5) is 14.1. The highest BCUT2D eigenvalue weighted by atomic mass is 35.5. The Labute approximate surface area is 133 Å². The van der Waals surface area contributed by atoms with E-state index in [0.717, 1.165) is 12.1 Å². The third-order valence-corrected chi connectivity index (χ3v) is 3.36. The third-order valence-electron chi connectivity index (χ3n) is 3.36. The second-order valence-electron chi connectivity index (χ2n) is 5.19. The average Bonchev–Trinajstić information content (AvgIpc) is 2.40. The van der Waals surface area contributed by atoms with Crippen LogP contribution >= 0.6 is 12.4 Å². The predicted octanol–water partition coefficient (Wildman–Crippen LogP) is 2.83. The van der Waals surface area contributed by atoms with E-state index in [1.165, 1.54) is 12.1 Å². The van der Waals surface area contributed by atoms with Crippen LogP contribution in [0.2, 0.25) is 0 Å². The van der Waals surface area contributed by atoms with Crippen molar-refractivity contribution in [3.8, 4) is 5.75 Å². The van der Waals surface area contributed by atoms with E-state index in [9.17, 15) is 18.0 Å². The van der Waals surface area contributed by atoms with Crippen LogP contribution in [0.15, 0.2) is 24.3 Å². The maximum Gasteiger partial charge on any atom is 0.573 e. The minimum Gasteiger partial charge on any atom is -0.406 e. The predicted molar refractivity (Wildman–Crippen MR) is 78.3 cm³/mol. The van der Waals surface area contributed by atoms with E-state index in [2.05, 4.69) is 10.1 Å². The highest BCUT2D eigenvalue weighted by Gasteiger charge is 2.31. The van der Waals surface area contributed by atoms with E-state index in [1.807, 2.05) is 13.8 Å². The molecule has 2 rings (SSSR count). The largest absolute Gasteiger partial charge is 0.573 e. The first-order valence-corrected chi connectivity index (χ1v) is 6.66. The SMILES string of the molecule is CC1CN(C(=O)c2ccc(OC(F)(F)F)cc2)C(C)CN1.Cl. The van der Waals surface area contributed by atoms with Gasteiger partial charge in [-0.25, -0.2) is 0 Å². The molecule has 8 heteroatoms. The number of nitrogens with zero attached hydrogens (tertiary/aromatic N) is 1. The van der Waals surface area contributed by atoms with Crippen molar-refractivity contribution in [2.45, 2.75) is 32.3 Å². The number of amides is 1. The first-order valence-electron chi connectivity index (χ1n) is 6.66. The minimum atomic E-state index is -4.73. The summed E-state index contributed by atoms with van der Waals surface area (Å²) >= 11 is 0. The summed E-state index contributed by atoms with van der Waals surface area (Å²) in [6, 6.07) is 5.23. The fraction of sp³-hybridized carbons (Fsp3) is 0.500. The molecule has 0 bridgehead atoms. The van der Waals surface area contributed by atoms with Crippen molar-refractivity contribution in [1.82, 2.24) is 10.2 Å². The van der Waals surface area contributed by atoms with Crippen molar-refractivity contribution in [2.75, 3.05) is 13.1 Å². The van der Waals surface area contributed by atoms with Crippen LogP contribution < -0.4 is 10.1 Å². The average molecular weight is 339 g/mol. The molecule has 124 valence electrons. The molecule has 22 heavy (non-hydrogen) atoms. The second-order valence-corrected chi connectivity index (χ2v) is 5.19. The molecule has 0 aliphatic carbocycles. The van der Waals surface area contributed by atoms with Gasteiger partial charge in [-0.15, -0.1) is 25.6 Å². The van der Waals surface area contributed by atoms with Crippen LogP contribution in [0, 0.1) is 0 Å². The molecule has 1 aromatic rings. The molecule has 1 saturated heterocycles. The summed E-state index contributed by atoms with van der Waals surface area (Å²) < 4.78 is 40.0. The first kappa shape index (κ1) is 18.6. The lowest BCUT2D eigenvalue weighted by Crippen LogP contribution is -2.56. The maximum absolute atomic E-state index is 12.4. The molecule has 2 unspecified atom stereocenters. The number of ether oxygens (including phenoxy) is 1. The number of carbonyl (C=O) groups excluding carboxylic acids is 1. The number of benzene rings is 1. The van der Waals surface area contributed by atoms with Crippen molar-refractivity contribution >= 4 is 18.3 Å². The maximum atomic E-state index is 12.4. The second kappa shape index (κ2) is 7.19. The zero-order valence-corrected chi connectivity index (χ0v) is 13.0. The molecule has 1 aliphatic heterocycles. The van der Waals surface area contributed by atoms with E-state index >= 15 is 0 Å². The highest BCUT2D eigenvalue weighted by Crippen LogP contribution is 2.23. The Morgan fingerprint density at radius 2 is 1.86 bits per heavy atom. The van der Waals surface area contributed by atoms with E-state index in [-0.39, 0.29) is 36.1 Å². The molecule has 1 amide bonds. The fourth-order valence-electron chi connectivity index (χ4n) is 2.27. The summed E-state index contributed by atoms with van der Waals surface area (Å²) in [5.41, 5.74) is 0.352. The number of hydrogen-bond donors (Lipinski definition) is 1. The van der Waals surface area contributed by atoms with Crippen LogP contribution in [0.25, 0.3) is 0 Å². The molecule has 0 saturated carbocycles.